The Morgan fingerprint density at radius 1 is 1.44 bits per heavy atom. The van der Waals surface area contributed by atoms with Gasteiger partial charge in [-0.2, -0.15) is 0 Å². The molecule has 1 atom stereocenters. The number of aliphatic carboxylic acids is 1. The molecule has 2 nitrogen and oxygen atoms in total. The van der Waals surface area contributed by atoms with Crippen LogP contribution in [0.15, 0.2) is 23.8 Å². The topological polar surface area (TPSA) is 37.3 Å². The fourth-order valence-corrected chi connectivity index (χ4v) is 2.20. The molecule has 0 amide bonds. The van der Waals surface area contributed by atoms with E-state index in [1.54, 1.807) is 0 Å². The van der Waals surface area contributed by atoms with Crippen molar-refractivity contribution >= 4 is 12.0 Å². The van der Waals surface area contributed by atoms with Gasteiger partial charge >= 0.3 is 5.97 Å². The summed E-state index contributed by atoms with van der Waals surface area (Å²) in [5.41, 5.74) is 4.09. The molecule has 0 radical (unpaired) electrons. The first-order chi connectivity index (χ1) is 7.58. The Bertz CT molecular complexity index is 458. The van der Waals surface area contributed by atoms with E-state index in [0.29, 0.717) is 5.57 Å². The van der Waals surface area contributed by atoms with Crippen molar-refractivity contribution in [2.45, 2.75) is 26.7 Å². The summed E-state index contributed by atoms with van der Waals surface area (Å²) in [7, 11) is 0. The lowest BCUT2D eigenvalue weighted by molar-refractivity contribution is -0.133. The molecule has 0 saturated heterocycles. The third kappa shape index (κ3) is 2.01. The van der Waals surface area contributed by atoms with Crippen LogP contribution in [0, 0.1) is 12.8 Å². The van der Waals surface area contributed by atoms with Crippen molar-refractivity contribution in [2.24, 2.45) is 5.92 Å². The molecule has 0 spiro atoms. The Hall–Kier alpha value is -1.57. The molecule has 84 valence electrons. The normalized spacial score (nSPS) is 19.6. The summed E-state index contributed by atoms with van der Waals surface area (Å²) in [6, 6.07) is 6.21. The molecule has 1 N–H and O–H groups in total. The third-order valence-corrected chi connectivity index (χ3v) is 3.23. The van der Waals surface area contributed by atoms with Gasteiger partial charge in [-0.05, 0) is 42.9 Å². The molecule has 0 aromatic heterocycles. The van der Waals surface area contributed by atoms with Gasteiger partial charge in [-0.1, -0.05) is 30.7 Å². The molecule has 0 saturated carbocycles. The molecule has 2 rings (SSSR count). The zero-order valence-electron chi connectivity index (χ0n) is 9.66. The SMILES string of the molecule is Cc1ccc2c(c1)CCC(C)C(C(=O)O)=C2. The van der Waals surface area contributed by atoms with Crippen LogP contribution >= 0.6 is 0 Å². The Labute approximate surface area is 95.6 Å². The van der Waals surface area contributed by atoms with Gasteiger partial charge in [-0.25, -0.2) is 4.79 Å². The van der Waals surface area contributed by atoms with Gasteiger partial charge < -0.3 is 5.11 Å². The average Bonchev–Trinajstić information content (AvgIpc) is 2.38. The van der Waals surface area contributed by atoms with Crippen molar-refractivity contribution in [3.8, 4) is 0 Å². The number of hydrogen-bond acceptors (Lipinski definition) is 1. The smallest absolute Gasteiger partial charge is 0.331 e. The number of carboxylic acids is 1. The monoisotopic (exact) mass is 216 g/mol. The number of rotatable bonds is 1. The van der Waals surface area contributed by atoms with Gasteiger partial charge in [0.1, 0.15) is 0 Å². The highest BCUT2D eigenvalue weighted by molar-refractivity contribution is 5.93. The Morgan fingerprint density at radius 2 is 2.19 bits per heavy atom. The van der Waals surface area contributed by atoms with Crippen LogP contribution in [0.3, 0.4) is 0 Å². The highest BCUT2D eigenvalue weighted by atomic mass is 16.4. The van der Waals surface area contributed by atoms with E-state index < -0.39 is 5.97 Å². The molecular weight excluding hydrogens is 200 g/mol. The van der Waals surface area contributed by atoms with E-state index >= 15 is 0 Å². The van der Waals surface area contributed by atoms with Crippen molar-refractivity contribution in [1.29, 1.82) is 0 Å². The van der Waals surface area contributed by atoms with E-state index in [2.05, 4.69) is 13.0 Å². The zero-order chi connectivity index (χ0) is 11.7. The van der Waals surface area contributed by atoms with Crippen molar-refractivity contribution in [3.63, 3.8) is 0 Å². The average molecular weight is 216 g/mol. The van der Waals surface area contributed by atoms with Crippen LogP contribution in [0.1, 0.15) is 30.0 Å². The molecule has 1 aliphatic rings. The van der Waals surface area contributed by atoms with E-state index in [1.165, 1.54) is 11.1 Å². The first-order valence-corrected chi connectivity index (χ1v) is 5.62. The second-order valence-corrected chi connectivity index (χ2v) is 4.55. The minimum absolute atomic E-state index is 0.130. The molecule has 2 heteroatoms. The zero-order valence-corrected chi connectivity index (χ0v) is 9.66. The summed E-state index contributed by atoms with van der Waals surface area (Å²) in [6.45, 7) is 4.05. The van der Waals surface area contributed by atoms with E-state index in [4.69, 9.17) is 5.11 Å². The Kier molecular flexibility index (Phi) is 2.82. The standard InChI is InChI=1S/C14H16O2/c1-9-3-5-12-8-13(14(15)16)10(2)4-6-11(12)7-9/h3,5,7-8,10H,4,6H2,1-2H3,(H,15,16). The van der Waals surface area contributed by atoms with Crippen LogP contribution in [0.5, 0.6) is 0 Å². The molecular formula is C14H16O2. The molecule has 1 unspecified atom stereocenters. The summed E-state index contributed by atoms with van der Waals surface area (Å²) in [6.07, 6.45) is 3.70. The van der Waals surface area contributed by atoms with Crippen molar-refractivity contribution in [3.05, 3.63) is 40.5 Å². The summed E-state index contributed by atoms with van der Waals surface area (Å²) in [5.74, 6) is -0.661. The van der Waals surface area contributed by atoms with Gasteiger partial charge in [0.15, 0.2) is 0 Å². The van der Waals surface area contributed by atoms with Gasteiger partial charge in [0, 0.05) is 5.57 Å². The highest BCUT2D eigenvalue weighted by Crippen LogP contribution is 2.27. The van der Waals surface area contributed by atoms with E-state index in [1.807, 2.05) is 25.1 Å². The maximum atomic E-state index is 11.1. The van der Waals surface area contributed by atoms with Crippen LogP contribution in [0.2, 0.25) is 0 Å². The van der Waals surface area contributed by atoms with E-state index in [0.717, 1.165) is 18.4 Å². The first-order valence-electron chi connectivity index (χ1n) is 5.62. The lowest BCUT2D eigenvalue weighted by Crippen LogP contribution is -2.08. The van der Waals surface area contributed by atoms with Crippen molar-refractivity contribution in [1.82, 2.24) is 0 Å². The van der Waals surface area contributed by atoms with Crippen molar-refractivity contribution < 1.29 is 9.90 Å². The van der Waals surface area contributed by atoms with Crippen molar-refractivity contribution in [2.75, 3.05) is 0 Å². The summed E-state index contributed by atoms with van der Waals surface area (Å²) in [5, 5.41) is 9.15. The maximum absolute atomic E-state index is 11.1. The fraction of sp³-hybridized carbons (Fsp3) is 0.357. The van der Waals surface area contributed by atoms with Crippen LogP contribution in [0.4, 0.5) is 0 Å². The largest absolute Gasteiger partial charge is 0.478 e. The van der Waals surface area contributed by atoms with E-state index in [9.17, 15) is 4.79 Å². The minimum Gasteiger partial charge on any atom is -0.478 e. The molecule has 1 aliphatic carbocycles. The van der Waals surface area contributed by atoms with Gasteiger partial charge in [0.05, 0.1) is 0 Å². The van der Waals surface area contributed by atoms with Gasteiger partial charge in [-0.15, -0.1) is 0 Å². The second kappa shape index (κ2) is 4.12. The summed E-state index contributed by atoms with van der Waals surface area (Å²) >= 11 is 0. The van der Waals surface area contributed by atoms with Crippen LogP contribution in [0.25, 0.3) is 6.08 Å². The number of benzene rings is 1. The maximum Gasteiger partial charge on any atom is 0.331 e. The van der Waals surface area contributed by atoms with Crippen LogP contribution < -0.4 is 0 Å². The van der Waals surface area contributed by atoms with Gasteiger partial charge in [0.25, 0.3) is 0 Å². The summed E-state index contributed by atoms with van der Waals surface area (Å²) < 4.78 is 0. The molecule has 0 aliphatic heterocycles. The van der Waals surface area contributed by atoms with Crippen LogP contribution in [-0.2, 0) is 11.2 Å². The number of hydrogen-bond donors (Lipinski definition) is 1. The summed E-state index contributed by atoms with van der Waals surface area (Å²) in [4.78, 5) is 11.1. The number of carboxylic acid groups (broad SMARTS) is 1. The molecule has 0 fully saturated rings. The molecule has 0 heterocycles. The molecule has 0 bridgehead atoms. The third-order valence-electron chi connectivity index (χ3n) is 3.23. The minimum atomic E-state index is -0.791. The van der Waals surface area contributed by atoms with E-state index in [-0.39, 0.29) is 5.92 Å². The predicted octanol–water partition coefficient (Wildman–Crippen LogP) is 3.05. The fourth-order valence-electron chi connectivity index (χ4n) is 2.20. The first kappa shape index (κ1) is 10.9. The van der Waals surface area contributed by atoms with Gasteiger partial charge in [0.2, 0.25) is 0 Å². The Morgan fingerprint density at radius 3 is 2.88 bits per heavy atom. The highest BCUT2D eigenvalue weighted by Gasteiger charge is 2.20. The lowest BCUT2D eigenvalue weighted by atomic mass is 9.97. The number of carbonyl (C=O) groups is 1. The second-order valence-electron chi connectivity index (χ2n) is 4.55. The molecule has 16 heavy (non-hydrogen) atoms. The number of fused-ring (bicyclic) bond motifs is 1. The lowest BCUT2D eigenvalue weighted by Gasteiger charge is -2.08. The number of aryl methyl sites for hydroxylation is 2. The Balaban J connectivity index is 2.50. The molecule has 1 aromatic rings. The molecule has 1 aromatic carbocycles. The predicted molar refractivity (Wildman–Crippen MR) is 64.3 cm³/mol. The quantitative estimate of drug-likeness (QED) is 0.783. The van der Waals surface area contributed by atoms with Crippen LogP contribution in [-0.4, -0.2) is 11.1 Å². The van der Waals surface area contributed by atoms with Gasteiger partial charge in [-0.3, -0.25) is 0 Å².